The molecule has 2 amide bonds. The van der Waals surface area contributed by atoms with E-state index in [0.29, 0.717) is 16.9 Å². The maximum absolute atomic E-state index is 12.3. The minimum Gasteiger partial charge on any atom is -0.322 e. The van der Waals surface area contributed by atoms with Gasteiger partial charge in [-0.25, -0.2) is 0 Å². The highest BCUT2D eigenvalue weighted by Crippen LogP contribution is 2.25. The highest BCUT2D eigenvalue weighted by Gasteiger charge is 2.16. The van der Waals surface area contributed by atoms with Crippen LogP contribution in [-0.2, 0) is 0 Å². The van der Waals surface area contributed by atoms with Gasteiger partial charge in [0.1, 0.15) is 5.02 Å². The number of hydrogen-bond donors (Lipinski definition) is 2. The molecule has 146 valence electrons. The van der Waals surface area contributed by atoms with Crippen LogP contribution in [0.3, 0.4) is 0 Å². The highest BCUT2D eigenvalue weighted by molar-refractivity contribution is 6.32. The smallest absolute Gasteiger partial charge is 0.288 e. The van der Waals surface area contributed by atoms with E-state index >= 15 is 0 Å². The summed E-state index contributed by atoms with van der Waals surface area (Å²) in [5.41, 5.74) is 2.34. The van der Waals surface area contributed by atoms with Crippen LogP contribution in [0.1, 0.15) is 26.3 Å². The number of nitrogens with zero attached hydrogens (tertiary/aromatic N) is 1. The summed E-state index contributed by atoms with van der Waals surface area (Å²) in [4.78, 5) is 34.9. The molecule has 3 rings (SSSR count). The Morgan fingerprint density at radius 2 is 1.41 bits per heavy atom. The van der Waals surface area contributed by atoms with Crippen molar-refractivity contribution in [2.24, 2.45) is 0 Å². The molecule has 0 bridgehead atoms. The minimum absolute atomic E-state index is 0.0414. The van der Waals surface area contributed by atoms with Gasteiger partial charge in [-0.2, -0.15) is 0 Å². The predicted molar refractivity (Wildman–Crippen MR) is 112 cm³/mol. The number of amides is 2. The molecule has 2 N–H and O–H groups in total. The standard InChI is InChI=1S/C21H16ClN3O4/c1-13-3-2-4-14(11-13)20(26)23-16-6-8-17(9-7-16)24-21(27)15-5-10-18(22)19(12-15)25(28)29/h2-12H,1H3,(H,23,26)(H,24,27). The van der Waals surface area contributed by atoms with Crippen LogP contribution in [0.4, 0.5) is 17.1 Å². The second-order valence-electron chi connectivity index (χ2n) is 6.28. The lowest BCUT2D eigenvalue weighted by atomic mass is 10.1. The first-order chi connectivity index (χ1) is 13.8. The fourth-order valence-corrected chi connectivity index (χ4v) is 2.81. The van der Waals surface area contributed by atoms with E-state index in [9.17, 15) is 19.7 Å². The van der Waals surface area contributed by atoms with Gasteiger partial charge in [0.25, 0.3) is 17.5 Å². The normalized spacial score (nSPS) is 10.3. The van der Waals surface area contributed by atoms with Crippen molar-refractivity contribution in [2.75, 3.05) is 10.6 Å². The van der Waals surface area contributed by atoms with Gasteiger partial charge in [-0.05, 0) is 55.5 Å². The molecule has 8 heteroatoms. The average molecular weight is 410 g/mol. The van der Waals surface area contributed by atoms with Gasteiger partial charge in [-0.15, -0.1) is 0 Å². The molecular weight excluding hydrogens is 394 g/mol. The number of nitro benzene ring substituents is 1. The van der Waals surface area contributed by atoms with Crippen molar-refractivity contribution in [2.45, 2.75) is 6.92 Å². The van der Waals surface area contributed by atoms with Crippen LogP contribution in [-0.4, -0.2) is 16.7 Å². The quantitative estimate of drug-likeness (QED) is 0.454. The molecule has 3 aromatic carbocycles. The predicted octanol–water partition coefficient (Wildman–Crippen LogP) is 5.06. The first kappa shape index (κ1) is 20.0. The number of carbonyl (C=O) groups is 2. The van der Waals surface area contributed by atoms with E-state index in [1.54, 1.807) is 36.4 Å². The molecule has 7 nitrogen and oxygen atoms in total. The van der Waals surface area contributed by atoms with E-state index in [1.165, 1.54) is 12.1 Å². The van der Waals surface area contributed by atoms with E-state index < -0.39 is 10.8 Å². The van der Waals surface area contributed by atoms with Gasteiger partial charge < -0.3 is 10.6 Å². The number of benzene rings is 3. The molecule has 29 heavy (non-hydrogen) atoms. The molecule has 0 saturated carbocycles. The fraction of sp³-hybridized carbons (Fsp3) is 0.0476. The molecule has 0 aliphatic carbocycles. The maximum Gasteiger partial charge on any atom is 0.288 e. The van der Waals surface area contributed by atoms with Crippen molar-refractivity contribution in [1.82, 2.24) is 0 Å². The van der Waals surface area contributed by atoms with Gasteiger partial charge in [-0.1, -0.05) is 29.3 Å². The summed E-state index contributed by atoms with van der Waals surface area (Å²) in [5, 5.41) is 16.3. The van der Waals surface area contributed by atoms with Crippen molar-refractivity contribution in [3.05, 3.63) is 98.6 Å². The number of anilines is 2. The van der Waals surface area contributed by atoms with Crippen molar-refractivity contribution in [3.63, 3.8) is 0 Å². The third-order valence-corrected chi connectivity index (χ3v) is 4.41. The molecule has 3 aromatic rings. The van der Waals surface area contributed by atoms with Crippen LogP contribution in [0.25, 0.3) is 0 Å². The van der Waals surface area contributed by atoms with Crippen LogP contribution < -0.4 is 10.6 Å². The number of halogens is 1. The van der Waals surface area contributed by atoms with E-state index in [1.807, 2.05) is 19.1 Å². The fourth-order valence-electron chi connectivity index (χ4n) is 2.62. The van der Waals surface area contributed by atoms with Crippen LogP contribution >= 0.6 is 11.6 Å². The summed E-state index contributed by atoms with van der Waals surface area (Å²) < 4.78 is 0. The molecule has 0 fully saturated rings. The zero-order valence-corrected chi connectivity index (χ0v) is 16.1. The molecule has 0 spiro atoms. The molecule has 0 aliphatic rings. The average Bonchev–Trinajstić information content (AvgIpc) is 2.69. The first-order valence-corrected chi connectivity index (χ1v) is 8.94. The molecule has 0 saturated heterocycles. The lowest BCUT2D eigenvalue weighted by Crippen LogP contribution is -2.13. The van der Waals surface area contributed by atoms with Crippen LogP contribution in [0.2, 0.25) is 5.02 Å². The second kappa shape index (κ2) is 8.53. The molecule has 0 radical (unpaired) electrons. The van der Waals surface area contributed by atoms with Crippen molar-refractivity contribution >= 4 is 40.5 Å². The summed E-state index contributed by atoms with van der Waals surface area (Å²) in [6.07, 6.45) is 0. The van der Waals surface area contributed by atoms with Gasteiger partial charge in [0.15, 0.2) is 0 Å². The number of aryl methyl sites for hydroxylation is 1. The summed E-state index contributed by atoms with van der Waals surface area (Å²) in [6.45, 7) is 1.91. The van der Waals surface area contributed by atoms with E-state index in [2.05, 4.69) is 10.6 Å². The molecule has 0 heterocycles. The Labute approximate surface area is 171 Å². The zero-order valence-electron chi connectivity index (χ0n) is 15.3. The highest BCUT2D eigenvalue weighted by atomic mass is 35.5. The van der Waals surface area contributed by atoms with E-state index in [-0.39, 0.29) is 22.2 Å². The number of hydrogen-bond acceptors (Lipinski definition) is 4. The maximum atomic E-state index is 12.3. The van der Waals surface area contributed by atoms with Gasteiger partial charge in [0, 0.05) is 28.6 Å². The van der Waals surface area contributed by atoms with E-state index in [0.717, 1.165) is 11.6 Å². The third-order valence-electron chi connectivity index (χ3n) is 4.09. The third kappa shape index (κ3) is 4.97. The summed E-state index contributed by atoms with van der Waals surface area (Å²) in [7, 11) is 0. The van der Waals surface area contributed by atoms with Crippen molar-refractivity contribution in [3.8, 4) is 0 Å². The lowest BCUT2D eigenvalue weighted by Gasteiger charge is -2.09. The molecule has 0 aliphatic heterocycles. The first-order valence-electron chi connectivity index (χ1n) is 8.57. The largest absolute Gasteiger partial charge is 0.322 e. The number of nitrogens with one attached hydrogen (secondary N) is 2. The Kier molecular flexibility index (Phi) is 5.90. The molecule has 0 atom stereocenters. The van der Waals surface area contributed by atoms with Gasteiger partial charge in [0.2, 0.25) is 0 Å². The Bertz CT molecular complexity index is 1100. The monoisotopic (exact) mass is 409 g/mol. The number of rotatable bonds is 5. The van der Waals surface area contributed by atoms with Crippen molar-refractivity contribution < 1.29 is 14.5 Å². The Morgan fingerprint density at radius 3 is 1.93 bits per heavy atom. The number of nitro groups is 1. The Hall–Kier alpha value is -3.71. The van der Waals surface area contributed by atoms with Crippen LogP contribution in [0.5, 0.6) is 0 Å². The molecule has 0 unspecified atom stereocenters. The lowest BCUT2D eigenvalue weighted by molar-refractivity contribution is -0.384. The Balaban J connectivity index is 1.67. The van der Waals surface area contributed by atoms with E-state index in [4.69, 9.17) is 11.6 Å². The SMILES string of the molecule is Cc1cccc(C(=O)Nc2ccc(NC(=O)c3ccc(Cl)c([N+](=O)[O-])c3)cc2)c1. The molecular formula is C21H16ClN3O4. The van der Waals surface area contributed by atoms with Crippen LogP contribution in [0.15, 0.2) is 66.7 Å². The Morgan fingerprint density at radius 1 is 0.862 bits per heavy atom. The van der Waals surface area contributed by atoms with Gasteiger partial charge in [-0.3, -0.25) is 19.7 Å². The molecule has 0 aromatic heterocycles. The van der Waals surface area contributed by atoms with Gasteiger partial charge >= 0.3 is 0 Å². The second-order valence-corrected chi connectivity index (χ2v) is 6.69. The topological polar surface area (TPSA) is 101 Å². The van der Waals surface area contributed by atoms with Crippen LogP contribution in [0, 0.1) is 17.0 Å². The minimum atomic E-state index is -0.648. The summed E-state index contributed by atoms with van der Waals surface area (Å²) >= 11 is 5.76. The summed E-state index contributed by atoms with van der Waals surface area (Å²) in [5.74, 6) is -0.750. The number of carbonyl (C=O) groups excluding carboxylic acids is 2. The van der Waals surface area contributed by atoms with Crippen molar-refractivity contribution in [1.29, 1.82) is 0 Å². The summed E-state index contributed by atoms with van der Waals surface area (Å²) in [6, 6.07) is 17.6. The zero-order chi connectivity index (χ0) is 21.0. The van der Waals surface area contributed by atoms with Gasteiger partial charge in [0.05, 0.1) is 4.92 Å².